The average molecular weight is 345 g/mol. The van der Waals surface area contributed by atoms with E-state index < -0.39 is 0 Å². The summed E-state index contributed by atoms with van der Waals surface area (Å²) in [4.78, 5) is 26.0. The van der Waals surface area contributed by atoms with E-state index in [1.807, 2.05) is 17.9 Å². The summed E-state index contributed by atoms with van der Waals surface area (Å²) in [6.07, 6.45) is 1.66. The highest BCUT2D eigenvalue weighted by Gasteiger charge is 2.25. The molecule has 1 aliphatic rings. The quantitative estimate of drug-likeness (QED) is 0.896. The third-order valence-corrected chi connectivity index (χ3v) is 5.38. The molecule has 2 heterocycles. The van der Waals surface area contributed by atoms with Crippen LogP contribution >= 0.6 is 27.3 Å². The molecule has 0 aromatic carbocycles. The molecule has 19 heavy (non-hydrogen) atoms. The van der Waals surface area contributed by atoms with Crippen LogP contribution < -0.4 is 5.32 Å². The molecule has 6 heteroatoms. The normalized spacial score (nSPS) is 16.5. The van der Waals surface area contributed by atoms with Crippen LogP contribution in [0.4, 0.5) is 0 Å². The van der Waals surface area contributed by atoms with Crippen molar-refractivity contribution in [1.29, 1.82) is 0 Å². The fraction of sp³-hybridized carbons (Fsp3) is 0.538. The molecule has 4 nitrogen and oxygen atoms in total. The molecule has 0 aliphatic carbocycles. The number of amides is 2. The van der Waals surface area contributed by atoms with Crippen molar-refractivity contribution < 1.29 is 9.59 Å². The van der Waals surface area contributed by atoms with E-state index in [0.29, 0.717) is 13.1 Å². The van der Waals surface area contributed by atoms with Gasteiger partial charge in [0, 0.05) is 26.1 Å². The summed E-state index contributed by atoms with van der Waals surface area (Å²) >= 11 is 4.93. The minimum Gasteiger partial charge on any atom is -0.353 e. The summed E-state index contributed by atoms with van der Waals surface area (Å²) in [6, 6.07) is 2.13. The van der Waals surface area contributed by atoms with Gasteiger partial charge in [-0.1, -0.05) is 0 Å². The number of rotatable bonds is 2. The minimum atomic E-state index is 0.00240. The van der Waals surface area contributed by atoms with Gasteiger partial charge in [-0.3, -0.25) is 9.59 Å². The van der Waals surface area contributed by atoms with Crippen LogP contribution in [0.15, 0.2) is 9.85 Å². The van der Waals surface area contributed by atoms with Crippen molar-refractivity contribution in [2.75, 3.05) is 13.1 Å². The standard InChI is InChI=1S/C13H17BrN2O2S/c1-8-7-11(19-12(8)14)13(18)16-5-3-10(4-6-16)15-9(2)17/h7,10H,3-6H2,1-2H3,(H,15,17). The van der Waals surface area contributed by atoms with Gasteiger partial charge < -0.3 is 10.2 Å². The Hall–Kier alpha value is -0.880. The van der Waals surface area contributed by atoms with Crippen molar-refractivity contribution in [1.82, 2.24) is 10.2 Å². The number of nitrogens with zero attached hydrogens (tertiary/aromatic N) is 1. The summed E-state index contributed by atoms with van der Waals surface area (Å²) in [7, 11) is 0. The first kappa shape index (κ1) is 14.5. The van der Waals surface area contributed by atoms with Crippen LogP contribution in [0.3, 0.4) is 0 Å². The topological polar surface area (TPSA) is 49.4 Å². The van der Waals surface area contributed by atoms with E-state index in [4.69, 9.17) is 0 Å². The van der Waals surface area contributed by atoms with E-state index in [-0.39, 0.29) is 17.9 Å². The zero-order valence-electron chi connectivity index (χ0n) is 11.0. The van der Waals surface area contributed by atoms with E-state index in [1.165, 1.54) is 18.3 Å². The Morgan fingerprint density at radius 3 is 2.53 bits per heavy atom. The van der Waals surface area contributed by atoms with Gasteiger partial charge in [-0.05, 0) is 47.3 Å². The molecule has 1 aromatic rings. The first-order chi connectivity index (χ1) is 8.97. The van der Waals surface area contributed by atoms with E-state index in [2.05, 4.69) is 21.2 Å². The van der Waals surface area contributed by atoms with E-state index in [9.17, 15) is 9.59 Å². The molecule has 0 atom stereocenters. The van der Waals surface area contributed by atoms with Crippen molar-refractivity contribution in [2.24, 2.45) is 0 Å². The van der Waals surface area contributed by atoms with E-state index in [1.54, 1.807) is 0 Å². The van der Waals surface area contributed by atoms with E-state index in [0.717, 1.165) is 27.1 Å². The molecule has 1 N–H and O–H groups in total. The number of likely N-dealkylation sites (tertiary alicyclic amines) is 1. The smallest absolute Gasteiger partial charge is 0.263 e. The largest absolute Gasteiger partial charge is 0.353 e. The maximum Gasteiger partial charge on any atom is 0.263 e. The number of carbonyl (C=O) groups is 2. The maximum absolute atomic E-state index is 12.3. The van der Waals surface area contributed by atoms with Crippen LogP contribution in [0.2, 0.25) is 0 Å². The molecule has 2 rings (SSSR count). The third-order valence-electron chi connectivity index (χ3n) is 3.26. The fourth-order valence-electron chi connectivity index (χ4n) is 2.24. The number of nitrogens with one attached hydrogen (secondary N) is 1. The zero-order valence-corrected chi connectivity index (χ0v) is 13.4. The molecule has 0 spiro atoms. The number of carbonyl (C=O) groups excluding carboxylic acids is 2. The Morgan fingerprint density at radius 2 is 2.05 bits per heavy atom. The lowest BCUT2D eigenvalue weighted by Gasteiger charge is -2.31. The van der Waals surface area contributed by atoms with Crippen LogP contribution in [0, 0.1) is 6.92 Å². The van der Waals surface area contributed by atoms with Gasteiger partial charge in [0.15, 0.2) is 0 Å². The third kappa shape index (κ3) is 3.57. The minimum absolute atomic E-state index is 0.00240. The van der Waals surface area contributed by atoms with Gasteiger partial charge in [0.1, 0.15) is 0 Å². The molecule has 0 radical (unpaired) electrons. The summed E-state index contributed by atoms with van der Waals surface area (Å²) in [5.41, 5.74) is 1.10. The Labute approximate surface area is 125 Å². The summed E-state index contributed by atoms with van der Waals surface area (Å²) in [6.45, 7) is 4.93. The van der Waals surface area contributed by atoms with Crippen LogP contribution in [-0.2, 0) is 4.79 Å². The summed E-state index contributed by atoms with van der Waals surface area (Å²) in [5, 5.41) is 2.91. The van der Waals surface area contributed by atoms with Gasteiger partial charge in [-0.25, -0.2) is 0 Å². The molecule has 0 saturated carbocycles. The lowest BCUT2D eigenvalue weighted by molar-refractivity contribution is -0.119. The van der Waals surface area contributed by atoms with Crippen molar-refractivity contribution in [3.05, 3.63) is 20.3 Å². The number of thiophene rings is 1. The van der Waals surface area contributed by atoms with Crippen LogP contribution in [0.1, 0.15) is 35.0 Å². The number of aryl methyl sites for hydroxylation is 1. The first-order valence-corrected chi connectivity index (χ1v) is 7.90. The molecule has 0 bridgehead atoms. The monoisotopic (exact) mass is 344 g/mol. The lowest BCUT2D eigenvalue weighted by Crippen LogP contribution is -2.45. The highest BCUT2D eigenvalue weighted by molar-refractivity contribution is 9.11. The predicted molar refractivity (Wildman–Crippen MR) is 79.5 cm³/mol. The second-order valence-corrected chi connectivity index (χ2v) is 7.20. The van der Waals surface area contributed by atoms with Crippen molar-refractivity contribution in [2.45, 2.75) is 32.7 Å². The lowest BCUT2D eigenvalue weighted by atomic mass is 10.0. The Balaban J connectivity index is 1.94. The number of hydrogen-bond acceptors (Lipinski definition) is 3. The average Bonchev–Trinajstić information content (AvgIpc) is 2.69. The molecule has 1 saturated heterocycles. The van der Waals surface area contributed by atoms with Gasteiger partial charge >= 0.3 is 0 Å². The molecule has 104 valence electrons. The second-order valence-electron chi connectivity index (χ2n) is 4.83. The summed E-state index contributed by atoms with van der Waals surface area (Å²) in [5.74, 6) is 0.0997. The number of halogens is 1. The predicted octanol–water partition coefficient (Wildman–Crippen LogP) is 2.56. The van der Waals surface area contributed by atoms with Crippen LogP contribution in [0.5, 0.6) is 0 Å². The van der Waals surface area contributed by atoms with Gasteiger partial charge in [0.25, 0.3) is 5.91 Å². The fourth-order valence-corrected chi connectivity index (χ4v) is 3.74. The summed E-state index contributed by atoms with van der Waals surface area (Å²) < 4.78 is 1.02. The second kappa shape index (κ2) is 6.05. The maximum atomic E-state index is 12.3. The molecule has 1 fully saturated rings. The van der Waals surface area contributed by atoms with Crippen LogP contribution in [0.25, 0.3) is 0 Å². The molecule has 1 aromatic heterocycles. The number of piperidine rings is 1. The zero-order chi connectivity index (χ0) is 14.0. The molecule has 0 unspecified atom stereocenters. The Bertz CT molecular complexity index is 473. The van der Waals surface area contributed by atoms with Gasteiger partial charge in [0.2, 0.25) is 5.91 Å². The van der Waals surface area contributed by atoms with Crippen molar-refractivity contribution in [3.8, 4) is 0 Å². The highest BCUT2D eigenvalue weighted by Crippen LogP contribution is 2.28. The number of hydrogen-bond donors (Lipinski definition) is 1. The van der Waals surface area contributed by atoms with Gasteiger partial charge in [-0.2, -0.15) is 0 Å². The first-order valence-electron chi connectivity index (χ1n) is 6.29. The molecular weight excluding hydrogens is 328 g/mol. The molecule has 1 aliphatic heterocycles. The Morgan fingerprint density at radius 1 is 1.42 bits per heavy atom. The van der Waals surface area contributed by atoms with Gasteiger partial charge in [-0.15, -0.1) is 11.3 Å². The van der Waals surface area contributed by atoms with E-state index >= 15 is 0 Å². The molecular formula is C13H17BrN2O2S. The van der Waals surface area contributed by atoms with Crippen LogP contribution in [-0.4, -0.2) is 35.8 Å². The highest BCUT2D eigenvalue weighted by atomic mass is 79.9. The SMILES string of the molecule is CC(=O)NC1CCN(C(=O)c2cc(C)c(Br)s2)CC1. The molecule has 2 amide bonds. The Kier molecular flexibility index (Phi) is 4.62. The van der Waals surface area contributed by atoms with Crippen molar-refractivity contribution >= 4 is 39.1 Å². The van der Waals surface area contributed by atoms with Crippen molar-refractivity contribution in [3.63, 3.8) is 0 Å². The van der Waals surface area contributed by atoms with Gasteiger partial charge in [0.05, 0.1) is 8.66 Å².